The molecule has 0 heterocycles. The number of ketones is 2. The molecule has 3 aromatic rings. The van der Waals surface area contributed by atoms with Gasteiger partial charge in [-0.05, 0) is 65.1 Å². The predicted octanol–water partition coefficient (Wildman–Crippen LogP) is 5.81. The van der Waals surface area contributed by atoms with Crippen molar-refractivity contribution in [2.75, 3.05) is 0 Å². The first-order valence-electron chi connectivity index (χ1n) is 13.7. The average Bonchev–Trinajstić information content (AvgIpc) is 2.96. The zero-order valence-electron chi connectivity index (χ0n) is 22.6. The quantitative estimate of drug-likeness (QED) is 0.323. The van der Waals surface area contributed by atoms with E-state index in [0.717, 1.165) is 17.7 Å². The Morgan fingerprint density at radius 2 is 1.65 bits per heavy atom. The third-order valence-corrected chi connectivity index (χ3v) is 8.53. The van der Waals surface area contributed by atoms with Crippen molar-refractivity contribution in [3.63, 3.8) is 0 Å². The molecule has 4 N–H and O–H groups in total. The van der Waals surface area contributed by atoms with Gasteiger partial charge in [0.15, 0.2) is 11.6 Å². The Bertz CT molecular complexity index is 1720. The minimum atomic E-state index is -4.51. The van der Waals surface area contributed by atoms with Crippen molar-refractivity contribution in [3.8, 4) is 16.9 Å². The number of hydrogen-bond acceptors (Lipinski definition) is 6. The standard InChI is InChI=1S/C33H26F3NO6/c34-33(35,36)20-8-6-17(7-9-20)21-10-11-23(38)27-22(21)13-18-12-19-14-24(43-15-16-4-2-1-3-5-16)28(32(37)42)31(41)26(19)29(39)25(18)30(27)40/h1-11,18-19,26,38-39H,12-15H2,(H2,37,42). The number of phenolic OH excluding ortho intramolecular Hbond substituents is 1. The first-order valence-corrected chi connectivity index (χ1v) is 13.7. The fourth-order valence-corrected chi connectivity index (χ4v) is 6.60. The number of aliphatic hydroxyl groups is 1. The number of ether oxygens (including phenoxy) is 1. The molecule has 0 aromatic heterocycles. The molecular weight excluding hydrogens is 563 g/mol. The number of phenols is 1. The lowest BCUT2D eigenvalue weighted by Gasteiger charge is -2.41. The maximum Gasteiger partial charge on any atom is 0.416 e. The van der Waals surface area contributed by atoms with Gasteiger partial charge in [0.25, 0.3) is 5.91 Å². The molecular formula is C33H26F3NO6. The third-order valence-electron chi connectivity index (χ3n) is 8.53. The van der Waals surface area contributed by atoms with E-state index >= 15 is 0 Å². The molecule has 0 saturated heterocycles. The van der Waals surface area contributed by atoms with E-state index in [1.807, 2.05) is 30.3 Å². The molecule has 6 rings (SSSR count). The van der Waals surface area contributed by atoms with Crippen LogP contribution in [0.4, 0.5) is 13.2 Å². The molecule has 3 aromatic carbocycles. The van der Waals surface area contributed by atoms with Crippen LogP contribution in [0.3, 0.4) is 0 Å². The highest BCUT2D eigenvalue weighted by Gasteiger charge is 2.50. The summed E-state index contributed by atoms with van der Waals surface area (Å²) in [5, 5.41) is 22.1. The van der Waals surface area contributed by atoms with E-state index in [1.54, 1.807) is 6.07 Å². The second-order valence-electron chi connectivity index (χ2n) is 11.1. The fourth-order valence-electron chi connectivity index (χ4n) is 6.60. The summed E-state index contributed by atoms with van der Waals surface area (Å²) >= 11 is 0. The molecule has 0 radical (unpaired) electrons. The number of Topliss-reactive ketones (excluding diaryl/α,β-unsaturated/α-hetero) is 2. The number of allylic oxidation sites excluding steroid dienone is 3. The van der Waals surface area contributed by atoms with Crippen LogP contribution in [-0.4, -0.2) is 27.7 Å². The van der Waals surface area contributed by atoms with Gasteiger partial charge in [0, 0.05) is 12.0 Å². The minimum absolute atomic E-state index is 0.0144. The van der Waals surface area contributed by atoms with Crippen LogP contribution in [0.25, 0.3) is 11.1 Å². The summed E-state index contributed by atoms with van der Waals surface area (Å²) in [5.41, 5.74) is 6.49. The number of hydrogen-bond donors (Lipinski definition) is 3. The molecule has 0 aliphatic heterocycles. The number of aliphatic hydroxyl groups excluding tert-OH is 1. The van der Waals surface area contributed by atoms with Gasteiger partial charge in [-0.3, -0.25) is 14.4 Å². The van der Waals surface area contributed by atoms with Crippen molar-refractivity contribution in [3.05, 3.63) is 112 Å². The van der Waals surface area contributed by atoms with E-state index in [2.05, 4.69) is 0 Å². The Morgan fingerprint density at radius 3 is 2.30 bits per heavy atom. The van der Waals surface area contributed by atoms with E-state index < -0.39 is 52.7 Å². The third kappa shape index (κ3) is 4.86. The number of aromatic hydroxyl groups is 1. The van der Waals surface area contributed by atoms with Crippen molar-refractivity contribution in [1.82, 2.24) is 0 Å². The van der Waals surface area contributed by atoms with Gasteiger partial charge in [0.2, 0.25) is 0 Å². The van der Waals surface area contributed by atoms with Crippen molar-refractivity contribution < 1.29 is 42.5 Å². The molecule has 1 amide bonds. The number of carbonyl (C=O) groups is 3. The number of rotatable bonds is 5. The number of primary amides is 1. The van der Waals surface area contributed by atoms with E-state index in [0.29, 0.717) is 16.7 Å². The predicted molar refractivity (Wildman–Crippen MR) is 148 cm³/mol. The Kier molecular flexibility index (Phi) is 6.87. The molecule has 3 aliphatic rings. The summed E-state index contributed by atoms with van der Waals surface area (Å²) in [7, 11) is 0. The second kappa shape index (κ2) is 10.4. The maximum absolute atomic E-state index is 13.8. The minimum Gasteiger partial charge on any atom is -0.511 e. The van der Waals surface area contributed by atoms with Crippen molar-refractivity contribution >= 4 is 17.5 Å². The zero-order valence-corrected chi connectivity index (χ0v) is 22.6. The highest BCUT2D eigenvalue weighted by Crippen LogP contribution is 2.51. The number of nitrogens with two attached hydrogens (primary N) is 1. The van der Waals surface area contributed by atoms with Gasteiger partial charge in [0.05, 0.1) is 17.0 Å². The maximum atomic E-state index is 13.8. The van der Waals surface area contributed by atoms with Gasteiger partial charge < -0.3 is 20.7 Å². The number of benzene rings is 3. The van der Waals surface area contributed by atoms with Crippen LogP contribution >= 0.6 is 0 Å². The number of halogens is 3. The van der Waals surface area contributed by atoms with Crippen molar-refractivity contribution in [2.24, 2.45) is 23.5 Å². The van der Waals surface area contributed by atoms with Crippen molar-refractivity contribution in [1.29, 1.82) is 0 Å². The Labute approximate surface area is 244 Å². The summed E-state index contributed by atoms with van der Waals surface area (Å²) in [6, 6.07) is 16.5. The molecule has 3 atom stereocenters. The number of amides is 1. The van der Waals surface area contributed by atoms with Crippen LogP contribution in [0, 0.1) is 17.8 Å². The molecule has 0 saturated carbocycles. The summed E-state index contributed by atoms with van der Waals surface area (Å²) in [5.74, 6) is -5.29. The highest BCUT2D eigenvalue weighted by molar-refractivity contribution is 6.22. The summed E-state index contributed by atoms with van der Waals surface area (Å²) in [4.78, 5) is 39.8. The Balaban J connectivity index is 1.37. The first-order chi connectivity index (χ1) is 20.5. The van der Waals surface area contributed by atoms with Gasteiger partial charge in [0.1, 0.15) is 29.4 Å². The summed E-state index contributed by atoms with van der Waals surface area (Å²) in [6.07, 6.45) is -3.91. The lowest BCUT2D eigenvalue weighted by atomic mass is 9.62. The Morgan fingerprint density at radius 1 is 0.953 bits per heavy atom. The van der Waals surface area contributed by atoms with Gasteiger partial charge in [-0.1, -0.05) is 48.5 Å². The summed E-state index contributed by atoms with van der Waals surface area (Å²) in [6.45, 7) is 0.0930. The lowest BCUT2D eigenvalue weighted by Crippen LogP contribution is -2.43. The van der Waals surface area contributed by atoms with Crippen LogP contribution < -0.4 is 5.73 Å². The van der Waals surface area contributed by atoms with Gasteiger partial charge in [-0.2, -0.15) is 13.2 Å². The molecule has 0 bridgehead atoms. The molecule has 7 nitrogen and oxygen atoms in total. The molecule has 220 valence electrons. The molecule has 43 heavy (non-hydrogen) atoms. The van der Waals surface area contributed by atoms with Crippen LogP contribution in [0.1, 0.15) is 39.9 Å². The molecule has 0 fully saturated rings. The average molecular weight is 590 g/mol. The topological polar surface area (TPSA) is 127 Å². The molecule has 10 heteroatoms. The highest BCUT2D eigenvalue weighted by atomic mass is 19.4. The first kappa shape index (κ1) is 28.3. The largest absolute Gasteiger partial charge is 0.511 e. The van der Waals surface area contributed by atoms with Crippen LogP contribution in [0.5, 0.6) is 5.75 Å². The molecule has 0 spiro atoms. The smallest absolute Gasteiger partial charge is 0.416 e. The van der Waals surface area contributed by atoms with Crippen LogP contribution in [-0.2, 0) is 33.5 Å². The van der Waals surface area contributed by atoms with Crippen LogP contribution in [0.2, 0.25) is 0 Å². The van der Waals surface area contributed by atoms with E-state index in [1.165, 1.54) is 18.2 Å². The number of carbonyl (C=O) groups excluding carboxylic acids is 3. The molecule has 3 unspecified atom stereocenters. The van der Waals surface area contributed by atoms with Crippen molar-refractivity contribution in [2.45, 2.75) is 32.0 Å². The van der Waals surface area contributed by atoms with E-state index in [4.69, 9.17) is 10.5 Å². The lowest BCUT2D eigenvalue weighted by molar-refractivity contribution is -0.137. The normalized spacial score (nSPS) is 21.7. The van der Waals surface area contributed by atoms with E-state index in [-0.39, 0.29) is 54.1 Å². The monoisotopic (exact) mass is 589 g/mol. The zero-order chi connectivity index (χ0) is 30.6. The Hall–Kier alpha value is -4.86. The SMILES string of the molecule is NC(=O)C1=C(OCc2ccccc2)CC2CC3Cc4c(-c5ccc(C(F)(F)F)cc5)ccc(O)c4C(=O)C3=C(O)C2C1=O. The number of alkyl halides is 3. The fraction of sp³-hybridized carbons (Fsp3) is 0.242. The number of fused-ring (bicyclic) bond motifs is 3. The van der Waals surface area contributed by atoms with E-state index in [9.17, 15) is 37.8 Å². The van der Waals surface area contributed by atoms with Crippen LogP contribution in [0.15, 0.2) is 89.4 Å². The van der Waals surface area contributed by atoms with Gasteiger partial charge in [-0.25, -0.2) is 0 Å². The van der Waals surface area contributed by atoms with Gasteiger partial charge in [-0.15, -0.1) is 0 Å². The van der Waals surface area contributed by atoms with Gasteiger partial charge >= 0.3 is 6.18 Å². The second-order valence-corrected chi connectivity index (χ2v) is 11.1. The molecule has 3 aliphatic carbocycles. The summed E-state index contributed by atoms with van der Waals surface area (Å²) < 4.78 is 45.4.